The standard InChI is InChI=1S/C27H35ClN2O2S/c1-3-25(27(32)29-23-14-5-4-6-15-23)30(17-21-12-9-10-16-24(21)28)26(31)19-33-18-22-13-8-7-11-20(22)2/h7-13,16,23,25H,3-6,14-15,17-19H2,1-2H3,(H,29,32)/t25-/m1/s1. The third-order valence-corrected chi connectivity index (χ3v) is 7.72. The lowest BCUT2D eigenvalue weighted by Crippen LogP contribution is -2.52. The van der Waals surface area contributed by atoms with Crippen molar-refractivity contribution in [1.82, 2.24) is 10.2 Å². The maximum atomic E-state index is 13.4. The Hall–Kier alpha value is -1.98. The Kier molecular flexibility index (Phi) is 10.1. The van der Waals surface area contributed by atoms with Gasteiger partial charge in [-0.05, 0) is 48.9 Å². The Morgan fingerprint density at radius 2 is 1.73 bits per heavy atom. The zero-order chi connectivity index (χ0) is 23.6. The fraction of sp³-hybridized carbons (Fsp3) is 0.481. The van der Waals surface area contributed by atoms with Crippen molar-refractivity contribution in [2.45, 2.75) is 76.8 Å². The lowest BCUT2D eigenvalue weighted by atomic mass is 9.95. The molecule has 0 saturated heterocycles. The van der Waals surface area contributed by atoms with Crippen LogP contribution in [0.4, 0.5) is 0 Å². The van der Waals surface area contributed by atoms with Gasteiger partial charge in [0.25, 0.3) is 0 Å². The second-order valence-corrected chi connectivity index (χ2v) is 10.2. The Morgan fingerprint density at radius 3 is 2.39 bits per heavy atom. The fourth-order valence-corrected chi connectivity index (χ4v) is 5.56. The van der Waals surface area contributed by atoms with E-state index in [2.05, 4.69) is 24.4 Å². The molecule has 0 heterocycles. The highest BCUT2D eigenvalue weighted by Crippen LogP contribution is 2.23. The predicted molar refractivity (Wildman–Crippen MR) is 138 cm³/mol. The van der Waals surface area contributed by atoms with Crippen LogP contribution in [0.15, 0.2) is 48.5 Å². The van der Waals surface area contributed by atoms with Crippen molar-refractivity contribution in [2.75, 3.05) is 5.75 Å². The number of hydrogen-bond donors (Lipinski definition) is 1. The minimum absolute atomic E-state index is 0.0286. The van der Waals surface area contributed by atoms with E-state index in [1.807, 2.05) is 43.3 Å². The molecule has 1 atom stereocenters. The second-order valence-electron chi connectivity index (χ2n) is 8.80. The summed E-state index contributed by atoms with van der Waals surface area (Å²) in [5.74, 6) is 1.02. The summed E-state index contributed by atoms with van der Waals surface area (Å²) in [6.45, 7) is 4.39. The smallest absolute Gasteiger partial charge is 0.243 e. The molecule has 0 aromatic heterocycles. The van der Waals surface area contributed by atoms with Crippen molar-refractivity contribution in [3.05, 3.63) is 70.2 Å². The maximum Gasteiger partial charge on any atom is 0.243 e. The molecule has 33 heavy (non-hydrogen) atoms. The zero-order valence-electron chi connectivity index (χ0n) is 19.7. The number of hydrogen-bond acceptors (Lipinski definition) is 3. The SMILES string of the molecule is CC[C@H](C(=O)NC1CCCCC1)N(Cc1ccccc1Cl)C(=O)CSCc1ccccc1C. The van der Waals surface area contributed by atoms with Crippen molar-refractivity contribution in [1.29, 1.82) is 0 Å². The van der Waals surface area contributed by atoms with Gasteiger partial charge in [-0.3, -0.25) is 9.59 Å². The number of rotatable bonds is 10. The van der Waals surface area contributed by atoms with E-state index >= 15 is 0 Å². The fourth-order valence-electron chi connectivity index (χ4n) is 4.38. The average Bonchev–Trinajstić information content (AvgIpc) is 2.82. The van der Waals surface area contributed by atoms with E-state index in [0.717, 1.165) is 37.0 Å². The van der Waals surface area contributed by atoms with Gasteiger partial charge in [0.2, 0.25) is 11.8 Å². The molecule has 1 aliphatic rings. The van der Waals surface area contributed by atoms with Crippen molar-refractivity contribution in [3.63, 3.8) is 0 Å². The number of amides is 2. The molecular weight excluding hydrogens is 452 g/mol. The first-order valence-corrected chi connectivity index (χ1v) is 13.5. The van der Waals surface area contributed by atoms with Crippen LogP contribution >= 0.6 is 23.4 Å². The van der Waals surface area contributed by atoms with Crippen molar-refractivity contribution < 1.29 is 9.59 Å². The number of nitrogens with zero attached hydrogens (tertiary/aromatic N) is 1. The molecule has 0 spiro atoms. The maximum absolute atomic E-state index is 13.4. The Bertz CT molecular complexity index is 930. The molecule has 1 fully saturated rings. The topological polar surface area (TPSA) is 49.4 Å². The molecule has 0 unspecified atom stereocenters. The number of nitrogens with one attached hydrogen (secondary N) is 1. The van der Waals surface area contributed by atoms with Gasteiger partial charge in [0.05, 0.1) is 5.75 Å². The van der Waals surface area contributed by atoms with Crippen LogP contribution in [0.1, 0.15) is 62.1 Å². The van der Waals surface area contributed by atoms with Gasteiger partial charge in [-0.1, -0.05) is 80.3 Å². The summed E-state index contributed by atoms with van der Waals surface area (Å²) in [5, 5.41) is 3.84. The number of aryl methyl sites for hydroxylation is 1. The molecule has 0 bridgehead atoms. The van der Waals surface area contributed by atoms with Gasteiger partial charge >= 0.3 is 0 Å². The number of carbonyl (C=O) groups is 2. The first-order valence-electron chi connectivity index (χ1n) is 11.9. The summed E-state index contributed by atoms with van der Waals surface area (Å²) in [4.78, 5) is 28.4. The van der Waals surface area contributed by atoms with Crippen LogP contribution in [-0.4, -0.2) is 34.6 Å². The average molecular weight is 487 g/mol. The summed E-state index contributed by atoms with van der Waals surface area (Å²) in [7, 11) is 0. The van der Waals surface area contributed by atoms with E-state index in [4.69, 9.17) is 11.6 Å². The molecule has 2 aromatic carbocycles. The predicted octanol–water partition coefficient (Wildman–Crippen LogP) is 6.14. The van der Waals surface area contributed by atoms with Gasteiger partial charge in [0.15, 0.2) is 0 Å². The van der Waals surface area contributed by atoms with Gasteiger partial charge in [-0.25, -0.2) is 0 Å². The Morgan fingerprint density at radius 1 is 1.06 bits per heavy atom. The minimum Gasteiger partial charge on any atom is -0.352 e. The Balaban J connectivity index is 1.72. The summed E-state index contributed by atoms with van der Waals surface area (Å²) >= 11 is 8.01. The lowest BCUT2D eigenvalue weighted by Gasteiger charge is -2.33. The highest BCUT2D eigenvalue weighted by atomic mass is 35.5. The number of benzene rings is 2. The monoisotopic (exact) mass is 486 g/mol. The summed E-state index contributed by atoms with van der Waals surface area (Å²) in [5.41, 5.74) is 3.32. The van der Waals surface area contributed by atoms with Gasteiger partial charge < -0.3 is 10.2 Å². The molecular formula is C27H35ClN2O2S. The third kappa shape index (κ3) is 7.51. The van der Waals surface area contributed by atoms with Gasteiger partial charge in [0.1, 0.15) is 6.04 Å². The van der Waals surface area contributed by atoms with Crippen molar-refractivity contribution in [3.8, 4) is 0 Å². The molecule has 1 N–H and O–H groups in total. The Labute approximate surface area is 207 Å². The van der Waals surface area contributed by atoms with E-state index in [1.54, 1.807) is 16.7 Å². The second kappa shape index (κ2) is 13.0. The molecule has 2 amide bonds. The molecule has 4 nitrogen and oxygen atoms in total. The van der Waals surface area contributed by atoms with Crippen LogP contribution in [0.25, 0.3) is 0 Å². The molecule has 0 radical (unpaired) electrons. The largest absolute Gasteiger partial charge is 0.352 e. The van der Waals surface area contributed by atoms with Gasteiger partial charge in [-0.15, -0.1) is 11.8 Å². The number of carbonyl (C=O) groups excluding carboxylic acids is 2. The first-order chi connectivity index (χ1) is 16.0. The molecule has 1 saturated carbocycles. The van der Waals surface area contributed by atoms with Crippen LogP contribution in [0.5, 0.6) is 0 Å². The van der Waals surface area contributed by atoms with E-state index in [9.17, 15) is 9.59 Å². The van der Waals surface area contributed by atoms with Crippen molar-refractivity contribution in [2.24, 2.45) is 0 Å². The number of thioether (sulfide) groups is 1. The van der Waals surface area contributed by atoms with E-state index in [-0.39, 0.29) is 17.9 Å². The van der Waals surface area contributed by atoms with Crippen LogP contribution in [0.2, 0.25) is 5.02 Å². The quantitative estimate of drug-likeness (QED) is 0.439. The highest BCUT2D eigenvalue weighted by Gasteiger charge is 2.30. The van der Waals surface area contributed by atoms with Crippen molar-refractivity contribution >= 4 is 35.2 Å². The zero-order valence-corrected chi connectivity index (χ0v) is 21.3. The molecule has 3 rings (SSSR count). The molecule has 2 aromatic rings. The van der Waals surface area contributed by atoms with Crippen LogP contribution in [-0.2, 0) is 21.9 Å². The normalized spacial score (nSPS) is 15.1. The summed E-state index contributed by atoms with van der Waals surface area (Å²) in [6, 6.07) is 15.5. The van der Waals surface area contributed by atoms with E-state index < -0.39 is 6.04 Å². The lowest BCUT2D eigenvalue weighted by molar-refractivity contribution is -0.139. The molecule has 1 aliphatic carbocycles. The van der Waals surface area contributed by atoms with Crippen LogP contribution < -0.4 is 5.32 Å². The van der Waals surface area contributed by atoms with E-state index in [0.29, 0.717) is 23.7 Å². The summed E-state index contributed by atoms with van der Waals surface area (Å²) < 4.78 is 0. The van der Waals surface area contributed by atoms with Crippen LogP contribution in [0, 0.1) is 6.92 Å². The summed E-state index contributed by atoms with van der Waals surface area (Å²) in [6.07, 6.45) is 6.15. The molecule has 178 valence electrons. The van der Waals surface area contributed by atoms with E-state index in [1.165, 1.54) is 17.5 Å². The minimum atomic E-state index is -0.505. The highest BCUT2D eigenvalue weighted by molar-refractivity contribution is 7.99. The van der Waals surface area contributed by atoms with Crippen LogP contribution in [0.3, 0.4) is 0 Å². The van der Waals surface area contributed by atoms with Gasteiger partial charge in [-0.2, -0.15) is 0 Å². The molecule has 6 heteroatoms. The first kappa shape index (κ1) is 25.6. The third-order valence-electron chi connectivity index (χ3n) is 6.38. The van der Waals surface area contributed by atoms with Gasteiger partial charge in [0, 0.05) is 23.4 Å². The number of halogens is 1. The molecule has 0 aliphatic heterocycles.